The van der Waals surface area contributed by atoms with Gasteiger partial charge in [-0.25, -0.2) is 0 Å². The number of fused-ring (bicyclic) bond motifs is 1. The molecule has 0 atom stereocenters. The lowest BCUT2D eigenvalue weighted by molar-refractivity contribution is 0.102. The Morgan fingerprint density at radius 1 is 1.06 bits per heavy atom. The van der Waals surface area contributed by atoms with E-state index in [0.717, 1.165) is 25.4 Å². The van der Waals surface area contributed by atoms with Gasteiger partial charge in [0, 0.05) is 31.4 Å². The minimum absolute atomic E-state index is 0.167. The fourth-order valence-corrected chi connectivity index (χ4v) is 4.08. The van der Waals surface area contributed by atoms with Gasteiger partial charge in [0.25, 0.3) is 11.9 Å². The Morgan fingerprint density at radius 3 is 2.55 bits per heavy atom. The van der Waals surface area contributed by atoms with Crippen molar-refractivity contribution in [1.82, 2.24) is 9.88 Å². The van der Waals surface area contributed by atoms with Crippen molar-refractivity contribution in [3.8, 4) is 5.75 Å². The Hall–Kier alpha value is -3.06. The lowest BCUT2D eigenvalue weighted by Crippen LogP contribution is -2.28. The van der Waals surface area contributed by atoms with Crippen LogP contribution < -0.4 is 15.0 Å². The Bertz CT molecular complexity index is 1060. The fourth-order valence-electron chi connectivity index (χ4n) is 4.08. The third-order valence-electron chi connectivity index (χ3n) is 6.17. The van der Waals surface area contributed by atoms with Crippen LogP contribution in [0, 0.1) is 5.92 Å². The first-order valence-electron chi connectivity index (χ1n) is 11.8. The maximum atomic E-state index is 12.7. The average Bonchev–Trinajstić information content (AvgIpc) is 3.26. The third kappa shape index (κ3) is 6.26. The summed E-state index contributed by atoms with van der Waals surface area (Å²) < 4.78 is 11.8. The number of benzene rings is 2. The Morgan fingerprint density at radius 2 is 1.82 bits per heavy atom. The first-order chi connectivity index (χ1) is 16.0. The number of amides is 1. The number of aromatic nitrogens is 1. The number of carbonyl (C=O) groups excluding carboxylic acids is 1. The van der Waals surface area contributed by atoms with Crippen LogP contribution in [-0.4, -0.2) is 56.6 Å². The van der Waals surface area contributed by atoms with Crippen LogP contribution in [0.25, 0.3) is 11.1 Å². The predicted octanol–water partition coefficient (Wildman–Crippen LogP) is 5.04. The number of hydrogen-bond donors (Lipinski definition) is 1. The molecule has 2 aromatic carbocycles. The zero-order valence-corrected chi connectivity index (χ0v) is 19.8. The summed E-state index contributed by atoms with van der Waals surface area (Å²) in [4.78, 5) is 21.4. The quantitative estimate of drug-likeness (QED) is 0.493. The number of hydrogen-bond acceptors (Lipinski definition) is 6. The van der Waals surface area contributed by atoms with E-state index >= 15 is 0 Å². The van der Waals surface area contributed by atoms with Gasteiger partial charge < -0.3 is 24.3 Å². The van der Waals surface area contributed by atoms with Crippen molar-refractivity contribution in [3.05, 3.63) is 48.0 Å². The molecule has 0 saturated heterocycles. The highest BCUT2D eigenvalue weighted by Crippen LogP contribution is 2.26. The van der Waals surface area contributed by atoms with Gasteiger partial charge in [0.1, 0.15) is 11.3 Å². The molecule has 176 valence electrons. The van der Waals surface area contributed by atoms with Gasteiger partial charge in [0.15, 0.2) is 5.58 Å². The van der Waals surface area contributed by atoms with Crippen molar-refractivity contribution in [2.45, 2.75) is 32.1 Å². The van der Waals surface area contributed by atoms with E-state index in [1.165, 1.54) is 32.1 Å². The lowest BCUT2D eigenvalue weighted by Gasteiger charge is -2.21. The Balaban J connectivity index is 1.34. The van der Waals surface area contributed by atoms with Crippen molar-refractivity contribution < 1.29 is 13.9 Å². The fraction of sp³-hybridized carbons (Fsp3) is 0.462. The highest BCUT2D eigenvalue weighted by molar-refractivity contribution is 6.05. The molecular formula is C26H34N4O3. The maximum Gasteiger partial charge on any atom is 0.298 e. The molecule has 1 fully saturated rings. The molecule has 1 heterocycles. The zero-order chi connectivity index (χ0) is 23.2. The molecule has 1 amide bonds. The normalized spacial score (nSPS) is 14.5. The summed E-state index contributed by atoms with van der Waals surface area (Å²) in [5.41, 5.74) is 2.68. The molecule has 1 aliphatic carbocycles. The number of rotatable bonds is 9. The van der Waals surface area contributed by atoms with E-state index in [2.05, 4.69) is 15.2 Å². The van der Waals surface area contributed by atoms with E-state index in [1.807, 2.05) is 56.4 Å². The highest BCUT2D eigenvalue weighted by atomic mass is 16.5. The summed E-state index contributed by atoms with van der Waals surface area (Å²) in [6, 6.07) is 13.4. The van der Waals surface area contributed by atoms with Crippen molar-refractivity contribution in [2.75, 3.05) is 51.1 Å². The molecule has 3 aromatic rings. The molecular weight excluding hydrogens is 416 g/mol. The Labute approximate surface area is 195 Å². The number of carbonyl (C=O) groups is 1. The molecule has 1 saturated carbocycles. The lowest BCUT2D eigenvalue weighted by atomic mass is 9.90. The second-order valence-corrected chi connectivity index (χ2v) is 9.20. The van der Waals surface area contributed by atoms with Crippen LogP contribution in [0.1, 0.15) is 42.5 Å². The van der Waals surface area contributed by atoms with Gasteiger partial charge in [-0.1, -0.05) is 19.3 Å². The van der Waals surface area contributed by atoms with Crippen molar-refractivity contribution in [1.29, 1.82) is 0 Å². The topological polar surface area (TPSA) is 70.8 Å². The first kappa shape index (κ1) is 23.1. The van der Waals surface area contributed by atoms with Gasteiger partial charge in [-0.2, -0.15) is 4.98 Å². The van der Waals surface area contributed by atoms with Crippen molar-refractivity contribution in [3.63, 3.8) is 0 Å². The van der Waals surface area contributed by atoms with Crippen LogP contribution in [0.15, 0.2) is 46.9 Å². The number of nitrogens with one attached hydrogen (secondary N) is 1. The van der Waals surface area contributed by atoms with Crippen LogP contribution in [0.5, 0.6) is 5.75 Å². The van der Waals surface area contributed by atoms with Crippen molar-refractivity contribution >= 4 is 28.7 Å². The second kappa shape index (κ2) is 10.7. The third-order valence-corrected chi connectivity index (χ3v) is 6.17. The maximum absolute atomic E-state index is 12.7. The zero-order valence-electron chi connectivity index (χ0n) is 19.8. The number of ether oxygens (including phenoxy) is 1. The van der Waals surface area contributed by atoms with E-state index in [4.69, 9.17) is 9.15 Å². The van der Waals surface area contributed by atoms with E-state index in [0.29, 0.717) is 34.3 Å². The second-order valence-electron chi connectivity index (χ2n) is 9.20. The van der Waals surface area contributed by atoms with Gasteiger partial charge in [-0.05, 0) is 75.3 Å². The first-order valence-corrected chi connectivity index (χ1v) is 11.8. The summed E-state index contributed by atoms with van der Waals surface area (Å²) in [6.07, 6.45) is 6.47. The SMILES string of the molecule is CN(C)CCN(C)c1nc2cc(NC(=O)c3ccc(OCC4CCCCC4)cc3)ccc2o1. The molecule has 1 aromatic heterocycles. The van der Waals surface area contributed by atoms with Crippen molar-refractivity contribution in [2.24, 2.45) is 5.92 Å². The summed E-state index contributed by atoms with van der Waals surface area (Å²) in [6.45, 7) is 2.47. The van der Waals surface area contributed by atoms with E-state index in [9.17, 15) is 4.79 Å². The number of likely N-dealkylation sites (N-methyl/N-ethyl adjacent to an activating group) is 2. The highest BCUT2D eigenvalue weighted by Gasteiger charge is 2.15. The molecule has 4 rings (SSSR count). The molecule has 0 bridgehead atoms. The van der Waals surface area contributed by atoms with Gasteiger partial charge in [-0.15, -0.1) is 0 Å². The molecule has 1 N–H and O–H groups in total. The summed E-state index contributed by atoms with van der Waals surface area (Å²) in [7, 11) is 6.03. The smallest absolute Gasteiger partial charge is 0.298 e. The Kier molecular flexibility index (Phi) is 7.50. The molecule has 7 nitrogen and oxygen atoms in total. The monoisotopic (exact) mass is 450 g/mol. The number of oxazole rings is 1. The average molecular weight is 451 g/mol. The largest absolute Gasteiger partial charge is 0.493 e. The molecule has 0 aliphatic heterocycles. The van der Waals surface area contributed by atoms with E-state index < -0.39 is 0 Å². The number of nitrogens with zero attached hydrogens (tertiary/aromatic N) is 3. The molecule has 1 aliphatic rings. The van der Waals surface area contributed by atoms with Crippen LogP contribution in [-0.2, 0) is 0 Å². The molecule has 33 heavy (non-hydrogen) atoms. The summed E-state index contributed by atoms with van der Waals surface area (Å²) >= 11 is 0. The van der Waals surface area contributed by atoms with Crippen LogP contribution >= 0.6 is 0 Å². The summed E-state index contributed by atoms with van der Waals surface area (Å²) in [5.74, 6) is 1.30. The standard InChI is InChI=1S/C26H34N4O3/c1-29(2)15-16-30(3)26-28-23-17-21(11-14-24(23)33-26)27-25(31)20-9-12-22(13-10-20)32-18-19-7-5-4-6-8-19/h9-14,17,19H,4-8,15-16,18H2,1-3H3,(H,27,31). The minimum Gasteiger partial charge on any atom is -0.493 e. The minimum atomic E-state index is -0.167. The molecule has 0 unspecified atom stereocenters. The van der Waals surface area contributed by atoms with Gasteiger partial charge in [-0.3, -0.25) is 4.79 Å². The van der Waals surface area contributed by atoms with Crippen LogP contribution in [0.4, 0.5) is 11.7 Å². The molecule has 7 heteroatoms. The van der Waals surface area contributed by atoms with Crippen LogP contribution in [0.3, 0.4) is 0 Å². The van der Waals surface area contributed by atoms with E-state index in [1.54, 1.807) is 12.1 Å². The summed E-state index contributed by atoms with van der Waals surface area (Å²) in [5, 5.41) is 2.95. The van der Waals surface area contributed by atoms with Crippen LogP contribution in [0.2, 0.25) is 0 Å². The molecule has 0 spiro atoms. The number of anilines is 2. The molecule has 0 radical (unpaired) electrons. The van der Waals surface area contributed by atoms with Gasteiger partial charge in [0.05, 0.1) is 6.61 Å². The van der Waals surface area contributed by atoms with E-state index in [-0.39, 0.29) is 5.91 Å². The van der Waals surface area contributed by atoms with Gasteiger partial charge in [0.2, 0.25) is 0 Å². The van der Waals surface area contributed by atoms with Gasteiger partial charge >= 0.3 is 0 Å². The predicted molar refractivity (Wildman–Crippen MR) is 132 cm³/mol.